The number of ether oxygens (including phenoxy) is 2. The molecule has 1 aliphatic heterocycles. The normalized spacial score (nSPS) is 24.1. The number of halogens is 1. The summed E-state index contributed by atoms with van der Waals surface area (Å²) in [5, 5.41) is 0. The van der Waals surface area contributed by atoms with E-state index in [2.05, 4.69) is 28.9 Å². The summed E-state index contributed by atoms with van der Waals surface area (Å²) in [7, 11) is 0. The molecule has 1 fully saturated rings. The van der Waals surface area contributed by atoms with E-state index >= 15 is 0 Å². The molecule has 2 unspecified atom stereocenters. The fraction of sp³-hybridized carbons (Fsp3) is 0.600. The summed E-state index contributed by atoms with van der Waals surface area (Å²) < 4.78 is 12.1. The Hall–Kier alpha value is 0.0600. The Morgan fingerprint density at radius 1 is 1.60 bits per heavy atom. The van der Waals surface area contributed by atoms with E-state index in [0.717, 1.165) is 8.66 Å². The maximum absolute atomic E-state index is 6.14. The van der Waals surface area contributed by atoms with Crippen LogP contribution in [0.4, 0.5) is 0 Å². The van der Waals surface area contributed by atoms with E-state index in [-0.39, 0.29) is 12.1 Å². The van der Waals surface area contributed by atoms with Crippen molar-refractivity contribution in [1.29, 1.82) is 0 Å². The van der Waals surface area contributed by atoms with Crippen LogP contribution in [0.2, 0.25) is 0 Å². The third-order valence-corrected chi connectivity index (χ3v) is 4.68. The SMILES string of the molecule is Cc1cc(C(N)C2COCCO2)sc1Br. The first-order valence-corrected chi connectivity index (χ1v) is 6.50. The lowest BCUT2D eigenvalue weighted by atomic mass is 10.1. The molecule has 1 aromatic heterocycles. The van der Waals surface area contributed by atoms with Crippen molar-refractivity contribution < 1.29 is 9.47 Å². The van der Waals surface area contributed by atoms with Gasteiger partial charge in [0, 0.05) is 4.88 Å². The third-order valence-electron chi connectivity index (χ3n) is 2.45. The van der Waals surface area contributed by atoms with E-state index in [1.165, 1.54) is 5.56 Å². The average Bonchev–Trinajstić information content (AvgIpc) is 2.59. The van der Waals surface area contributed by atoms with Crippen LogP contribution in [0.15, 0.2) is 9.85 Å². The van der Waals surface area contributed by atoms with Crippen molar-refractivity contribution in [3.63, 3.8) is 0 Å². The second-order valence-electron chi connectivity index (χ2n) is 3.62. The lowest BCUT2D eigenvalue weighted by Crippen LogP contribution is -2.37. The topological polar surface area (TPSA) is 44.5 Å². The number of nitrogens with two attached hydrogens (primary N) is 1. The molecule has 1 saturated heterocycles. The second-order valence-corrected chi connectivity index (χ2v) is 6.02. The van der Waals surface area contributed by atoms with Gasteiger partial charge in [-0.15, -0.1) is 11.3 Å². The molecule has 0 aliphatic carbocycles. The summed E-state index contributed by atoms with van der Waals surface area (Å²) in [5.74, 6) is 0. The number of hydrogen-bond donors (Lipinski definition) is 1. The summed E-state index contributed by atoms with van der Waals surface area (Å²) in [6.07, 6.45) is -0.0105. The highest BCUT2D eigenvalue weighted by Gasteiger charge is 2.24. The van der Waals surface area contributed by atoms with Crippen molar-refractivity contribution in [3.8, 4) is 0 Å². The second kappa shape index (κ2) is 4.93. The molecule has 0 radical (unpaired) electrons. The Kier molecular flexibility index (Phi) is 3.79. The minimum Gasteiger partial charge on any atom is -0.376 e. The molecular formula is C10H14BrNO2S. The van der Waals surface area contributed by atoms with Gasteiger partial charge in [0.1, 0.15) is 6.10 Å². The number of aryl methyl sites for hydroxylation is 1. The smallest absolute Gasteiger partial charge is 0.101 e. The van der Waals surface area contributed by atoms with Gasteiger partial charge in [-0.25, -0.2) is 0 Å². The summed E-state index contributed by atoms with van der Waals surface area (Å²) in [5.41, 5.74) is 7.36. The van der Waals surface area contributed by atoms with Crippen LogP contribution in [0.3, 0.4) is 0 Å². The summed E-state index contributed by atoms with van der Waals surface area (Å²) in [6.45, 7) is 3.98. The van der Waals surface area contributed by atoms with Crippen LogP contribution in [-0.4, -0.2) is 25.9 Å². The van der Waals surface area contributed by atoms with Gasteiger partial charge >= 0.3 is 0 Å². The van der Waals surface area contributed by atoms with E-state index in [0.29, 0.717) is 19.8 Å². The van der Waals surface area contributed by atoms with Crippen molar-refractivity contribution in [2.45, 2.75) is 19.1 Å². The molecule has 2 N–H and O–H groups in total. The van der Waals surface area contributed by atoms with Gasteiger partial charge in [-0.05, 0) is 34.5 Å². The molecule has 2 rings (SSSR count). The standard InChI is InChI=1S/C10H14BrNO2S/c1-6-4-8(15-10(6)11)9(12)7-5-13-2-3-14-7/h4,7,9H,2-3,5,12H2,1H3. The molecule has 5 heteroatoms. The Morgan fingerprint density at radius 3 is 2.93 bits per heavy atom. The lowest BCUT2D eigenvalue weighted by Gasteiger charge is -2.27. The maximum Gasteiger partial charge on any atom is 0.101 e. The molecule has 0 aromatic carbocycles. The molecule has 2 atom stereocenters. The molecule has 1 aromatic rings. The van der Waals surface area contributed by atoms with Gasteiger partial charge in [-0.1, -0.05) is 0 Å². The molecule has 0 spiro atoms. The van der Waals surface area contributed by atoms with Gasteiger partial charge in [0.25, 0.3) is 0 Å². The molecule has 3 nitrogen and oxygen atoms in total. The summed E-state index contributed by atoms with van der Waals surface area (Å²) in [4.78, 5) is 1.15. The monoisotopic (exact) mass is 291 g/mol. The van der Waals surface area contributed by atoms with Gasteiger partial charge in [-0.3, -0.25) is 0 Å². The summed E-state index contributed by atoms with van der Waals surface area (Å²) >= 11 is 5.17. The fourth-order valence-electron chi connectivity index (χ4n) is 1.54. The predicted molar refractivity (Wildman–Crippen MR) is 64.2 cm³/mol. The van der Waals surface area contributed by atoms with Crippen LogP contribution >= 0.6 is 27.3 Å². The van der Waals surface area contributed by atoms with E-state index < -0.39 is 0 Å². The molecule has 0 saturated carbocycles. The predicted octanol–water partition coefficient (Wildman–Crippen LogP) is 2.23. The third kappa shape index (κ3) is 2.60. The Balaban J connectivity index is 2.08. The molecule has 84 valence electrons. The maximum atomic E-state index is 6.14. The average molecular weight is 292 g/mol. The zero-order valence-electron chi connectivity index (χ0n) is 8.53. The van der Waals surface area contributed by atoms with Crippen LogP contribution in [0.25, 0.3) is 0 Å². The number of thiophene rings is 1. The molecular weight excluding hydrogens is 278 g/mol. The Morgan fingerprint density at radius 2 is 2.40 bits per heavy atom. The Labute approximate surface area is 102 Å². The fourth-order valence-corrected chi connectivity index (χ4v) is 3.17. The van der Waals surface area contributed by atoms with Crippen LogP contribution < -0.4 is 5.73 Å². The minimum absolute atomic E-state index is 0.0105. The van der Waals surface area contributed by atoms with E-state index in [1.54, 1.807) is 11.3 Å². The first-order chi connectivity index (χ1) is 7.18. The van der Waals surface area contributed by atoms with Gasteiger partial charge in [0.2, 0.25) is 0 Å². The van der Waals surface area contributed by atoms with Gasteiger partial charge in [0.15, 0.2) is 0 Å². The molecule has 15 heavy (non-hydrogen) atoms. The van der Waals surface area contributed by atoms with Crippen LogP contribution in [0.5, 0.6) is 0 Å². The quantitative estimate of drug-likeness (QED) is 0.909. The molecule has 0 bridgehead atoms. The highest BCUT2D eigenvalue weighted by molar-refractivity contribution is 9.11. The highest BCUT2D eigenvalue weighted by atomic mass is 79.9. The number of rotatable bonds is 2. The first kappa shape index (κ1) is 11.5. The number of hydrogen-bond acceptors (Lipinski definition) is 4. The van der Waals surface area contributed by atoms with Gasteiger partial charge in [0.05, 0.1) is 29.6 Å². The van der Waals surface area contributed by atoms with Crippen molar-refractivity contribution >= 4 is 27.3 Å². The van der Waals surface area contributed by atoms with Crippen LogP contribution in [-0.2, 0) is 9.47 Å². The zero-order valence-corrected chi connectivity index (χ0v) is 10.9. The highest BCUT2D eigenvalue weighted by Crippen LogP contribution is 2.32. The van der Waals surface area contributed by atoms with Crippen molar-refractivity contribution in [3.05, 3.63) is 20.3 Å². The lowest BCUT2D eigenvalue weighted by molar-refractivity contribution is -0.0971. The van der Waals surface area contributed by atoms with Crippen LogP contribution in [0.1, 0.15) is 16.5 Å². The zero-order chi connectivity index (χ0) is 10.8. The Bertz CT molecular complexity index is 317. The first-order valence-electron chi connectivity index (χ1n) is 4.89. The molecule has 2 heterocycles. The molecule has 1 aliphatic rings. The summed E-state index contributed by atoms with van der Waals surface area (Å²) in [6, 6.07) is 2.03. The van der Waals surface area contributed by atoms with Gasteiger partial charge in [-0.2, -0.15) is 0 Å². The van der Waals surface area contributed by atoms with E-state index in [4.69, 9.17) is 15.2 Å². The van der Waals surface area contributed by atoms with Crippen LogP contribution in [0, 0.1) is 6.92 Å². The minimum atomic E-state index is -0.0831. The van der Waals surface area contributed by atoms with Crippen molar-refractivity contribution in [2.75, 3.05) is 19.8 Å². The van der Waals surface area contributed by atoms with E-state index in [9.17, 15) is 0 Å². The van der Waals surface area contributed by atoms with Gasteiger partial charge < -0.3 is 15.2 Å². The van der Waals surface area contributed by atoms with E-state index in [1.807, 2.05) is 0 Å². The largest absolute Gasteiger partial charge is 0.376 e. The van der Waals surface area contributed by atoms with Crippen molar-refractivity contribution in [1.82, 2.24) is 0 Å². The molecule has 0 amide bonds. The van der Waals surface area contributed by atoms with Crippen molar-refractivity contribution in [2.24, 2.45) is 5.73 Å².